The maximum atomic E-state index is 5.15. The van der Waals surface area contributed by atoms with Crippen LogP contribution in [0.2, 0.25) is 5.82 Å². The lowest BCUT2D eigenvalue weighted by Crippen LogP contribution is -2.45. The van der Waals surface area contributed by atoms with Gasteiger partial charge in [-0.05, 0) is 26.7 Å². The molecule has 1 aliphatic heterocycles. The van der Waals surface area contributed by atoms with Crippen LogP contribution in [0.1, 0.15) is 66.2 Å². The average Bonchev–Trinajstić information content (AvgIpc) is 2.69. The Labute approximate surface area is 120 Å². The van der Waals surface area contributed by atoms with E-state index in [9.17, 15) is 0 Å². The molecule has 1 aliphatic carbocycles. The topological polar surface area (TPSA) is 15.6 Å². The van der Waals surface area contributed by atoms with Gasteiger partial charge >= 0.3 is 0 Å². The van der Waals surface area contributed by atoms with Gasteiger partial charge < -0.3 is 4.90 Å². The number of nitrogens with zero attached hydrogens (tertiary/aromatic N) is 2. The number of hydrogen-bond acceptors (Lipinski definition) is 2. The zero-order valence-electron chi connectivity index (χ0n) is 13.5. The van der Waals surface area contributed by atoms with Crippen LogP contribution < -0.4 is 0 Å². The van der Waals surface area contributed by atoms with Crippen molar-refractivity contribution in [2.24, 2.45) is 10.9 Å². The van der Waals surface area contributed by atoms with Gasteiger partial charge in [-0.25, -0.2) is 0 Å². The Bertz CT molecular complexity index is 325. The summed E-state index contributed by atoms with van der Waals surface area (Å²) in [6, 6.07) is 1.83. The monoisotopic (exact) mass is 262 g/mol. The van der Waals surface area contributed by atoms with Gasteiger partial charge in [0.2, 0.25) is 0 Å². The SMILES string of the molecule is BC1CCCCCC2C(C1)N=C(C(C)C)N2C(C)C. The van der Waals surface area contributed by atoms with Gasteiger partial charge in [0.15, 0.2) is 0 Å². The van der Waals surface area contributed by atoms with Crippen molar-refractivity contribution < 1.29 is 0 Å². The third-order valence-corrected chi connectivity index (χ3v) is 4.78. The predicted molar refractivity (Wildman–Crippen MR) is 86.8 cm³/mol. The fourth-order valence-corrected chi connectivity index (χ4v) is 3.87. The van der Waals surface area contributed by atoms with E-state index in [1.54, 1.807) is 0 Å². The Morgan fingerprint density at radius 2 is 1.79 bits per heavy atom. The van der Waals surface area contributed by atoms with Crippen LogP contribution in [0.25, 0.3) is 0 Å². The molecule has 0 radical (unpaired) electrons. The largest absolute Gasteiger partial charge is 0.353 e. The van der Waals surface area contributed by atoms with E-state index in [0.29, 0.717) is 24.0 Å². The van der Waals surface area contributed by atoms with Gasteiger partial charge in [-0.15, -0.1) is 0 Å². The maximum absolute atomic E-state index is 5.15. The second-order valence-corrected chi connectivity index (χ2v) is 7.26. The summed E-state index contributed by atoms with van der Waals surface area (Å²) in [7, 11) is 2.42. The molecule has 3 atom stereocenters. The highest BCUT2D eigenvalue weighted by molar-refractivity contribution is 6.11. The molecule has 0 amide bonds. The molecule has 0 bridgehead atoms. The van der Waals surface area contributed by atoms with Crippen molar-refractivity contribution in [3.05, 3.63) is 0 Å². The van der Waals surface area contributed by atoms with Crippen LogP contribution in [0.15, 0.2) is 4.99 Å². The van der Waals surface area contributed by atoms with Crippen LogP contribution in [0.3, 0.4) is 0 Å². The zero-order chi connectivity index (χ0) is 14.0. The van der Waals surface area contributed by atoms with Gasteiger partial charge in [0.05, 0.1) is 12.1 Å². The smallest absolute Gasteiger partial charge is 0.105 e. The van der Waals surface area contributed by atoms with Gasteiger partial charge in [-0.2, -0.15) is 0 Å². The normalized spacial score (nSPS) is 32.8. The minimum atomic E-state index is 0.563. The average molecular weight is 262 g/mol. The third kappa shape index (κ3) is 3.35. The van der Waals surface area contributed by atoms with Gasteiger partial charge in [-0.1, -0.05) is 45.3 Å². The van der Waals surface area contributed by atoms with E-state index >= 15 is 0 Å². The van der Waals surface area contributed by atoms with Crippen molar-refractivity contribution in [3.8, 4) is 0 Å². The number of rotatable bonds is 2. The molecule has 0 aromatic heterocycles. The standard InChI is InChI=1S/C16H31BN2/c1-11(2)16-18-14-10-13(17)8-6-5-7-9-15(14)19(16)12(3)4/h11-15H,5-10,17H2,1-4H3. The Morgan fingerprint density at radius 3 is 2.42 bits per heavy atom. The highest BCUT2D eigenvalue weighted by atomic mass is 15.3. The van der Waals surface area contributed by atoms with E-state index in [2.05, 4.69) is 40.4 Å². The summed E-state index contributed by atoms with van der Waals surface area (Å²) in [5.41, 5.74) is 0. The molecular weight excluding hydrogens is 231 g/mol. The third-order valence-electron chi connectivity index (χ3n) is 4.78. The summed E-state index contributed by atoms with van der Waals surface area (Å²) in [5, 5.41) is 0. The van der Waals surface area contributed by atoms with Crippen LogP contribution in [0.5, 0.6) is 0 Å². The van der Waals surface area contributed by atoms with E-state index in [-0.39, 0.29) is 0 Å². The lowest BCUT2D eigenvalue weighted by molar-refractivity contribution is 0.231. The van der Waals surface area contributed by atoms with Gasteiger partial charge in [0.25, 0.3) is 0 Å². The molecule has 1 fully saturated rings. The summed E-state index contributed by atoms with van der Waals surface area (Å²) < 4.78 is 0. The Hall–Kier alpha value is -0.465. The fraction of sp³-hybridized carbons (Fsp3) is 0.938. The Morgan fingerprint density at radius 1 is 1.11 bits per heavy atom. The summed E-state index contributed by atoms with van der Waals surface area (Å²) >= 11 is 0. The molecule has 19 heavy (non-hydrogen) atoms. The van der Waals surface area contributed by atoms with Crippen LogP contribution in [-0.2, 0) is 0 Å². The number of aliphatic imine (C=N–C) groups is 1. The van der Waals surface area contributed by atoms with Gasteiger partial charge in [0, 0.05) is 12.0 Å². The van der Waals surface area contributed by atoms with Crippen molar-refractivity contribution >= 4 is 13.7 Å². The van der Waals surface area contributed by atoms with E-state index in [0.717, 1.165) is 5.82 Å². The summed E-state index contributed by atoms with van der Waals surface area (Å²) in [5.74, 6) is 2.78. The van der Waals surface area contributed by atoms with E-state index in [4.69, 9.17) is 4.99 Å². The van der Waals surface area contributed by atoms with E-state index < -0.39 is 0 Å². The first-order valence-corrected chi connectivity index (χ1v) is 8.36. The number of hydrogen-bond donors (Lipinski definition) is 0. The summed E-state index contributed by atoms with van der Waals surface area (Å²) in [4.78, 5) is 7.79. The van der Waals surface area contributed by atoms with Crippen molar-refractivity contribution in [1.29, 1.82) is 0 Å². The predicted octanol–water partition coefficient (Wildman–Crippen LogP) is 3.28. The molecule has 0 N–H and O–H groups in total. The van der Waals surface area contributed by atoms with Crippen molar-refractivity contribution in [3.63, 3.8) is 0 Å². The summed E-state index contributed by atoms with van der Waals surface area (Å²) in [6.07, 6.45) is 8.26. The molecule has 2 rings (SSSR count). The molecule has 0 aromatic rings. The van der Waals surface area contributed by atoms with Crippen LogP contribution in [-0.4, -0.2) is 36.7 Å². The number of fused-ring (bicyclic) bond motifs is 1. The molecule has 2 aliphatic rings. The second-order valence-electron chi connectivity index (χ2n) is 7.26. The van der Waals surface area contributed by atoms with Gasteiger partial charge in [0.1, 0.15) is 13.7 Å². The fourth-order valence-electron chi connectivity index (χ4n) is 3.87. The number of amidine groups is 1. The molecular formula is C16H31BN2. The zero-order valence-corrected chi connectivity index (χ0v) is 13.5. The van der Waals surface area contributed by atoms with Crippen molar-refractivity contribution in [1.82, 2.24) is 4.90 Å². The lowest BCUT2D eigenvalue weighted by atomic mass is 9.78. The van der Waals surface area contributed by atoms with Crippen molar-refractivity contribution in [2.75, 3.05) is 0 Å². The lowest BCUT2D eigenvalue weighted by Gasteiger charge is -2.35. The first kappa shape index (κ1) is 14.9. The molecule has 108 valence electrons. The molecule has 0 saturated heterocycles. The van der Waals surface area contributed by atoms with Crippen LogP contribution in [0.4, 0.5) is 0 Å². The minimum absolute atomic E-state index is 0.563. The molecule has 0 spiro atoms. The summed E-state index contributed by atoms with van der Waals surface area (Å²) in [6.45, 7) is 9.25. The van der Waals surface area contributed by atoms with E-state index in [1.807, 2.05) is 0 Å². The molecule has 1 heterocycles. The highest BCUT2D eigenvalue weighted by Gasteiger charge is 2.38. The van der Waals surface area contributed by atoms with E-state index in [1.165, 1.54) is 44.4 Å². The Balaban J connectivity index is 2.22. The molecule has 2 nitrogen and oxygen atoms in total. The maximum Gasteiger partial charge on any atom is 0.105 e. The molecule has 3 heteroatoms. The molecule has 0 aromatic carbocycles. The second kappa shape index (κ2) is 6.32. The minimum Gasteiger partial charge on any atom is -0.353 e. The molecule has 1 saturated carbocycles. The Kier molecular flexibility index (Phi) is 4.97. The van der Waals surface area contributed by atoms with Crippen LogP contribution in [0, 0.1) is 5.92 Å². The van der Waals surface area contributed by atoms with Gasteiger partial charge in [-0.3, -0.25) is 4.99 Å². The first-order chi connectivity index (χ1) is 9.00. The first-order valence-electron chi connectivity index (χ1n) is 8.36. The highest BCUT2D eigenvalue weighted by Crippen LogP contribution is 2.34. The van der Waals surface area contributed by atoms with Crippen molar-refractivity contribution in [2.45, 2.75) is 90.2 Å². The van der Waals surface area contributed by atoms with Crippen LogP contribution >= 0.6 is 0 Å². The molecule has 3 unspecified atom stereocenters. The quantitative estimate of drug-likeness (QED) is 0.697.